The van der Waals surface area contributed by atoms with Crippen molar-refractivity contribution >= 4 is 18.7 Å². The lowest BCUT2D eigenvalue weighted by atomic mass is 9.73. The van der Waals surface area contributed by atoms with Crippen molar-refractivity contribution in [3.63, 3.8) is 0 Å². The average Bonchev–Trinajstić information content (AvgIpc) is 3.42. The standard InChI is InChI=1S/C16H18FN3O.C12H21BO2/c1-2-18-16-20-19-15(21-16)12-8-9-13(14(17)10-12)11-6-4-3-5-7-11;1-11(2)12(3,4)15-13(14-11)10-8-6-5-7-9-10/h6,8-10H,2-5,7H2,1H3,(H,18,20);8H,5-7,9H2,1-4H3. The molecule has 194 valence electrons. The topological polar surface area (TPSA) is 69.4 Å². The highest BCUT2D eigenvalue weighted by Gasteiger charge is 2.52. The third-order valence-corrected chi connectivity index (χ3v) is 7.49. The van der Waals surface area contributed by atoms with Crippen LogP contribution in [0.3, 0.4) is 0 Å². The highest BCUT2D eigenvalue weighted by molar-refractivity contribution is 6.54. The molecule has 2 aliphatic carbocycles. The van der Waals surface area contributed by atoms with Crippen LogP contribution in [0.4, 0.5) is 10.4 Å². The van der Waals surface area contributed by atoms with Gasteiger partial charge < -0.3 is 19.0 Å². The van der Waals surface area contributed by atoms with E-state index < -0.39 is 0 Å². The molecular weight excluding hydrogens is 456 g/mol. The normalized spacial score (nSPS) is 20.8. The SMILES string of the molecule is CC1(C)OB(C2=CCCCC2)OC1(C)C.CCNc1nnc(-c2ccc(C3=CCCCC3)c(F)c2)o1. The van der Waals surface area contributed by atoms with E-state index in [1.807, 2.05) is 13.0 Å². The van der Waals surface area contributed by atoms with E-state index in [-0.39, 0.29) is 24.1 Å². The summed E-state index contributed by atoms with van der Waals surface area (Å²) in [6.07, 6.45) is 13.6. The number of nitrogens with zero attached hydrogens (tertiary/aromatic N) is 2. The molecule has 0 saturated carbocycles. The van der Waals surface area contributed by atoms with Gasteiger partial charge in [0.25, 0.3) is 0 Å². The molecule has 3 aliphatic rings. The van der Waals surface area contributed by atoms with Gasteiger partial charge in [0.1, 0.15) is 5.82 Å². The van der Waals surface area contributed by atoms with Crippen LogP contribution in [0.25, 0.3) is 17.0 Å². The molecule has 8 heteroatoms. The number of rotatable bonds is 5. The van der Waals surface area contributed by atoms with Gasteiger partial charge in [0, 0.05) is 17.7 Å². The van der Waals surface area contributed by atoms with Crippen molar-refractivity contribution in [2.75, 3.05) is 11.9 Å². The van der Waals surface area contributed by atoms with Crippen LogP contribution in [0.5, 0.6) is 0 Å². The van der Waals surface area contributed by atoms with Gasteiger partial charge in [0.05, 0.1) is 11.2 Å². The van der Waals surface area contributed by atoms with Crippen LogP contribution in [0.15, 0.2) is 40.2 Å². The molecule has 2 heterocycles. The smallest absolute Gasteiger partial charge is 0.403 e. The van der Waals surface area contributed by atoms with E-state index in [2.05, 4.69) is 55.4 Å². The highest BCUT2D eigenvalue weighted by Crippen LogP contribution is 2.40. The largest absolute Gasteiger partial charge is 0.490 e. The van der Waals surface area contributed by atoms with Crippen molar-refractivity contribution in [1.82, 2.24) is 10.2 Å². The minimum absolute atomic E-state index is 0.102. The Bertz CT molecular complexity index is 1090. The van der Waals surface area contributed by atoms with Crippen molar-refractivity contribution < 1.29 is 18.1 Å². The zero-order valence-corrected chi connectivity index (χ0v) is 22.3. The van der Waals surface area contributed by atoms with E-state index in [4.69, 9.17) is 13.7 Å². The van der Waals surface area contributed by atoms with Crippen LogP contribution in [0, 0.1) is 5.82 Å². The monoisotopic (exact) mass is 495 g/mol. The average molecular weight is 495 g/mol. The van der Waals surface area contributed by atoms with Gasteiger partial charge in [-0.1, -0.05) is 23.3 Å². The first-order chi connectivity index (χ1) is 17.2. The summed E-state index contributed by atoms with van der Waals surface area (Å²) >= 11 is 0. The van der Waals surface area contributed by atoms with Crippen LogP contribution in [0.1, 0.15) is 91.5 Å². The van der Waals surface area contributed by atoms with Crippen LogP contribution in [0.2, 0.25) is 0 Å². The Labute approximate surface area is 214 Å². The maximum atomic E-state index is 14.3. The molecule has 1 fully saturated rings. The lowest BCUT2D eigenvalue weighted by molar-refractivity contribution is 0.00578. The Balaban J connectivity index is 0.000000179. The number of hydrogen-bond donors (Lipinski definition) is 1. The van der Waals surface area contributed by atoms with E-state index in [1.165, 1.54) is 37.2 Å². The van der Waals surface area contributed by atoms with Gasteiger partial charge in [-0.25, -0.2) is 4.39 Å². The van der Waals surface area contributed by atoms with E-state index in [9.17, 15) is 4.39 Å². The molecule has 0 radical (unpaired) electrons. The molecule has 0 bridgehead atoms. The number of nitrogens with one attached hydrogen (secondary N) is 1. The summed E-state index contributed by atoms with van der Waals surface area (Å²) in [7, 11) is -0.102. The fourth-order valence-electron chi connectivity index (χ4n) is 4.63. The van der Waals surface area contributed by atoms with Crippen molar-refractivity contribution in [2.45, 2.75) is 97.2 Å². The molecule has 1 aliphatic heterocycles. The predicted octanol–water partition coefficient (Wildman–Crippen LogP) is 7.38. The zero-order chi connectivity index (χ0) is 25.8. The second-order valence-corrected chi connectivity index (χ2v) is 10.7. The molecule has 0 atom stereocenters. The molecule has 1 N–H and O–H groups in total. The number of allylic oxidation sites excluding steroid dienone is 4. The van der Waals surface area contributed by atoms with Crippen molar-refractivity contribution in [3.8, 4) is 11.5 Å². The highest BCUT2D eigenvalue weighted by atomic mass is 19.1. The van der Waals surface area contributed by atoms with E-state index >= 15 is 0 Å². The third kappa shape index (κ3) is 6.09. The lowest BCUT2D eigenvalue weighted by Gasteiger charge is -2.32. The van der Waals surface area contributed by atoms with Crippen LogP contribution in [-0.2, 0) is 9.31 Å². The van der Waals surface area contributed by atoms with Gasteiger partial charge in [0.2, 0.25) is 5.89 Å². The van der Waals surface area contributed by atoms with Gasteiger partial charge in [-0.3, -0.25) is 0 Å². The first kappa shape index (κ1) is 26.6. The maximum Gasteiger partial charge on any atom is 0.490 e. The molecule has 6 nitrogen and oxygen atoms in total. The molecule has 1 saturated heterocycles. The summed E-state index contributed by atoms with van der Waals surface area (Å²) in [5.74, 6) is 0.0953. The summed E-state index contributed by atoms with van der Waals surface area (Å²) < 4.78 is 31.8. The van der Waals surface area contributed by atoms with Crippen LogP contribution in [-0.4, -0.2) is 35.1 Å². The molecule has 0 spiro atoms. The predicted molar refractivity (Wildman–Crippen MR) is 143 cm³/mol. The first-order valence-electron chi connectivity index (χ1n) is 13.3. The van der Waals surface area contributed by atoms with E-state index in [0.29, 0.717) is 29.6 Å². The quantitative estimate of drug-likeness (QED) is 0.437. The molecule has 0 amide bonds. The summed E-state index contributed by atoms with van der Waals surface area (Å²) in [6, 6.07) is 5.45. The number of benzene rings is 1. The Hall–Kier alpha value is -2.45. The third-order valence-electron chi connectivity index (χ3n) is 7.49. The molecule has 0 unspecified atom stereocenters. The summed E-state index contributed by atoms with van der Waals surface area (Å²) in [5.41, 5.74) is 3.34. The fraction of sp³-hybridized carbons (Fsp3) is 0.571. The number of halogens is 1. The Morgan fingerprint density at radius 1 is 0.944 bits per heavy atom. The summed E-state index contributed by atoms with van der Waals surface area (Å²) in [5, 5.41) is 10.7. The second-order valence-electron chi connectivity index (χ2n) is 10.7. The molecular formula is C28H39BFN3O3. The molecule has 1 aromatic heterocycles. The summed E-state index contributed by atoms with van der Waals surface area (Å²) in [4.78, 5) is 0. The van der Waals surface area contributed by atoms with Crippen molar-refractivity contribution in [3.05, 3.63) is 47.2 Å². The van der Waals surface area contributed by atoms with Gasteiger partial charge in [-0.2, -0.15) is 0 Å². The fourth-order valence-corrected chi connectivity index (χ4v) is 4.63. The molecule has 1 aromatic carbocycles. The Kier molecular flexibility index (Phi) is 8.36. The van der Waals surface area contributed by atoms with Crippen molar-refractivity contribution in [2.24, 2.45) is 0 Å². The molecule has 5 rings (SSSR count). The van der Waals surface area contributed by atoms with E-state index in [0.717, 1.165) is 31.3 Å². The Morgan fingerprint density at radius 2 is 1.64 bits per heavy atom. The minimum Gasteiger partial charge on any atom is -0.403 e. The Morgan fingerprint density at radius 3 is 2.22 bits per heavy atom. The minimum atomic E-state index is -0.233. The first-order valence-corrected chi connectivity index (χ1v) is 13.3. The van der Waals surface area contributed by atoms with Gasteiger partial charge >= 0.3 is 13.1 Å². The summed E-state index contributed by atoms with van der Waals surface area (Å²) in [6.45, 7) is 11.1. The molecule has 36 heavy (non-hydrogen) atoms. The zero-order valence-electron chi connectivity index (χ0n) is 22.3. The lowest BCUT2D eigenvalue weighted by Crippen LogP contribution is -2.41. The van der Waals surface area contributed by atoms with Crippen LogP contribution >= 0.6 is 0 Å². The maximum absolute atomic E-state index is 14.3. The van der Waals surface area contributed by atoms with Crippen LogP contribution < -0.4 is 5.32 Å². The van der Waals surface area contributed by atoms with Crippen molar-refractivity contribution in [1.29, 1.82) is 0 Å². The van der Waals surface area contributed by atoms with E-state index in [1.54, 1.807) is 6.07 Å². The number of hydrogen-bond acceptors (Lipinski definition) is 6. The number of aromatic nitrogens is 2. The van der Waals surface area contributed by atoms with Gasteiger partial charge in [-0.05, 0) is 109 Å². The number of anilines is 1. The van der Waals surface area contributed by atoms with Gasteiger partial charge in [-0.15, -0.1) is 5.10 Å². The van der Waals surface area contributed by atoms with Gasteiger partial charge in [0.15, 0.2) is 0 Å². The second kappa shape index (κ2) is 11.3. The molecule has 2 aromatic rings.